The molecule has 0 spiro atoms. The zero-order valence-electron chi connectivity index (χ0n) is 11.0. The summed E-state index contributed by atoms with van der Waals surface area (Å²) in [6.07, 6.45) is -2.27. The van der Waals surface area contributed by atoms with Gasteiger partial charge in [-0.2, -0.15) is 0 Å². The highest BCUT2D eigenvalue weighted by atomic mass is 19.3. The molecule has 7 heteroatoms. The molecule has 1 N–H and O–H groups in total. The third kappa shape index (κ3) is 4.36. The van der Waals surface area contributed by atoms with Crippen molar-refractivity contribution in [2.75, 3.05) is 52.5 Å². The summed E-state index contributed by atoms with van der Waals surface area (Å²) in [7, 11) is 0. The van der Waals surface area contributed by atoms with Crippen molar-refractivity contribution in [1.29, 1.82) is 0 Å². The lowest BCUT2D eigenvalue weighted by Crippen LogP contribution is -2.63. The molecule has 0 aromatic heterocycles. The molecule has 0 aromatic rings. The number of likely N-dealkylation sites (tertiary alicyclic amines) is 1. The Morgan fingerprint density at radius 2 is 2.00 bits per heavy atom. The molecule has 2 heterocycles. The van der Waals surface area contributed by atoms with Crippen LogP contribution in [0.15, 0.2) is 0 Å². The van der Waals surface area contributed by atoms with Crippen molar-refractivity contribution < 1.29 is 18.3 Å². The Hall–Kier alpha value is -0.790. The number of rotatable bonds is 6. The maximum absolute atomic E-state index is 11.8. The van der Waals surface area contributed by atoms with E-state index in [1.807, 2.05) is 0 Å². The summed E-state index contributed by atoms with van der Waals surface area (Å²) in [5, 5.41) is 3.30. The first kappa shape index (κ1) is 14.6. The number of hydrogen-bond acceptors (Lipinski definition) is 4. The largest absolute Gasteiger partial charge is 0.375 e. The zero-order valence-corrected chi connectivity index (χ0v) is 11.0. The molecule has 1 amide bonds. The summed E-state index contributed by atoms with van der Waals surface area (Å²) in [6.45, 7) is 5.09. The highest BCUT2D eigenvalue weighted by Crippen LogP contribution is 2.16. The molecule has 0 saturated carbocycles. The normalized spacial score (nSPS) is 21.7. The Morgan fingerprint density at radius 1 is 1.32 bits per heavy atom. The average molecular weight is 277 g/mol. The number of carbonyl (C=O) groups excluding carboxylic acids is 1. The van der Waals surface area contributed by atoms with E-state index in [0.29, 0.717) is 6.04 Å². The van der Waals surface area contributed by atoms with Crippen LogP contribution >= 0.6 is 0 Å². The SMILES string of the molecule is O=C(CCOCC(F)F)N1CC(N2CCNCC2)C1. The fraction of sp³-hybridized carbons (Fsp3) is 0.917. The van der Waals surface area contributed by atoms with Crippen LogP contribution in [0.2, 0.25) is 0 Å². The summed E-state index contributed by atoms with van der Waals surface area (Å²) in [5.74, 6) is 0.000603. The van der Waals surface area contributed by atoms with E-state index in [-0.39, 0.29) is 18.9 Å². The second kappa shape index (κ2) is 7.12. The lowest BCUT2D eigenvalue weighted by Gasteiger charge is -2.46. The van der Waals surface area contributed by atoms with E-state index in [1.54, 1.807) is 4.90 Å². The molecule has 0 bridgehead atoms. The quantitative estimate of drug-likeness (QED) is 0.682. The summed E-state index contributed by atoms with van der Waals surface area (Å²) < 4.78 is 28.4. The standard InChI is InChI=1S/C12H21F2N3O2/c13-11(14)9-19-6-1-12(18)17-7-10(8-17)16-4-2-15-3-5-16/h10-11,15H,1-9H2. The molecule has 0 unspecified atom stereocenters. The Bertz CT molecular complexity index is 293. The van der Waals surface area contributed by atoms with E-state index in [0.717, 1.165) is 39.3 Å². The highest BCUT2D eigenvalue weighted by molar-refractivity contribution is 5.77. The van der Waals surface area contributed by atoms with Crippen LogP contribution in [0, 0.1) is 0 Å². The molecule has 2 fully saturated rings. The summed E-state index contributed by atoms with van der Waals surface area (Å²) >= 11 is 0. The van der Waals surface area contributed by atoms with E-state index >= 15 is 0 Å². The third-order valence-electron chi connectivity index (χ3n) is 3.59. The van der Waals surface area contributed by atoms with Gasteiger partial charge < -0.3 is 15.0 Å². The second-order valence-electron chi connectivity index (χ2n) is 4.95. The molecular weight excluding hydrogens is 256 g/mol. The van der Waals surface area contributed by atoms with Gasteiger partial charge in [0.05, 0.1) is 13.0 Å². The maximum atomic E-state index is 11.8. The van der Waals surface area contributed by atoms with Gasteiger partial charge in [0.2, 0.25) is 5.91 Å². The number of nitrogens with one attached hydrogen (secondary N) is 1. The number of nitrogens with zero attached hydrogens (tertiary/aromatic N) is 2. The Labute approximate surface area is 111 Å². The van der Waals surface area contributed by atoms with Gasteiger partial charge in [-0.1, -0.05) is 0 Å². The Balaban J connectivity index is 1.56. The smallest absolute Gasteiger partial charge is 0.261 e. The van der Waals surface area contributed by atoms with Crippen molar-refractivity contribution in [3.8, 4) is 0 Å². The molecule has 0 aromatic carbocycles. The predicted molar refractivity (Wildman–Crippen MR) is 66.3 cm³/mol. The number of halogens is 2. The maximum Gasteiger partial charge on any atom is 0.261 e. The number of amides is 1. The third-order valence-corrected chi connectivity index (χ3v) is 3.59. The molecule has 0 aliphatic carbocycles. The lowest BCUT2D eigenvalue weighted by molar-refractivity contribution is -0.140. The van der Waals surface area contributed by atoms with Gasteiger partial charge in [-0.15, -0.1) is 0 Å². The van der Waals surface area contributed by atoms with Gasteiger partial charge >= 0.3 is 0 Å². The first-order valence-electron chi connectivity index (χ1n) is 6.75. The molecule has 2 aliphatic heterocycles. The predicted octanol–water partition coefficient (Wildman–Crippen LogP) is -0.226. The van der Waals surface area contributed by atoms with Crippen LogP contribution in [0.1, 0.15) is 6.42 Å². The van der Waals surface area contributed by atoms with Crippen LogP contribution < -0.4 is 5.32 Å². The molecule has 2 aliphatic rings. The molecule has 5 nitrogen and oxygen atoms in total. The minimum Gasteiger partial charge on any atom is -0.375 e. The van der Waals surface area contributed by atoms with E-state index in [2.05, 4.69) is 10.2 Å². The molecule has 2 rings (SSSR count). The van der Waals surface area contributed by atoms with Crippen LogP contribution in [0.4, 0.5) is 8.78 Å². The number of carbonyl (C=O) groups is 1. The lowest BCUT2D eigenvalue weighted by atomic mass is 10.1. The van der Waals surface area contributed by atoms with Crippen molar-refractivity contribution in [3.05, 3.63) is 0 Å². The van der Waals surface area contributed by atoms with Crippen LogP contribution in [0.5, 0.6) is 0 Å². The molecule has 110 valence electrons. The Kier molecular flexibility index (Phi) is 5.47. The average Bonchev–Trinajstić information content (AvgIpc) is 2.34. The van der Waals surface area contributed by atoms with E-state index in [4.69, 9.17) is 4.74 Å². The molecule has 0 atom stereocenters. The molecule has 2 saturated heterocycles. The first-order chi connectivity index (χ1) is 9.16. The van der Waals surface area contributed by atoms with Gasteiger partial charge in [-0.05, 0) is 0 Å². The summed E-state index contributed by atoms with van der Waals surface area (Å²) in [6, 6.07) is 0.466. The van der Waals surface area contributed by atoms with Gasteiger partial charge in [-0.25, -0.2) is 8.78 Å². The van der Waals surface area contributed by atoms with Crippen LogP contribution in [-0.4, -0.2) is 80.7 Å². The monoisotopic (exact) mass is 277 g/mol. The first-order valence-corrected chi connectivity index (χ1v) is 6.75. The van der Waals surface area contributed by atoms with Gasteiger partial charge in [0.25, 0.3) is 6.43 Å². The fourth-order valence-electron chi connectivity index (χ4n) is 2.43. The van der Waals surface area contributed by atoms with Crippen molar-refractivity contribution in [3.63, 3.8) is 0 Å². The number of alkyl halides is 2. The van der Waals surface area contributed by atoms with Crippen molar-refractivity contribution in [2.24, 2.45) is 0 Å². The van der Waals surface area contributed by atoms with Crippen molar-refractivity contribution in [2.45, 2.75) is 18.9 Å². The van der Waals surface area contributed by atoms with E-state index < -0.39 is 13.0 Å². The fourth-order valence-corrected chi connectivity index (χ4v) is 2.43. The molecule has 0 radical (unpaired) electrons. The topological polar surface area (TPSA) is 44.8 Å². The summed E-state index contributed by atoms with van der Waals surface area (Å²) in [4.78, 5) is 15.9. The summed E-state index contributed by atoms with van der Waals surface area (Å²) in [5.41, 5.74) is 0. The van der Waals surface area contributed by atoms with Gasteiger partial charge in [0, 0.05) is 45.3 Å². The highest BCUT2D eigenvalue weighted by Gasteiger charge is 2.34. The van der Waals surface area contributed by atoms with Gasteiger partial charge in [-0.3, -0.25) is 9.69 Å². The number of hydrogen-bond donors (Lipinski definition) is 1. The number of ether oxygens (including phenoxy) is 1. The Morgan fingerprint density at radius 3 is 2.63 bits per heavy atom. The van der Waals surface area contributed by atoms with Gasteiger partial charge in [0.15, 0.2) is 0 Å². The van der Waals surface area contributed by atoms with Crippen molar-refractivity contribution >= 4 is 5.91 Å². The van der Waals surface area contributed by atoms with E-state index in [1.165, 1.54) is 0 Å². The zero-order chi connectivity index (χ0) is 13.7. The minimum atomic E-state index is -2.46. The van der Waals surface area contributed by atoms with E-state index in [9.17, 15) is 13.6 Å². The number of piperazine rings is 1. The van der Waals surface area contributed by atoms with Gasteiger partial charge in [0.1, 0.15) is 6.61 Å². The molecular formula is C12H21F2N3O2. The van der Waals surface area contributed by atoms with Crippen LogP contribution in [-0.2, 0) is 9.53 Å². The van der Waals surface area contributed by atoms with Crippen LogP contribution in [0.25, 0.3) is 0 Å². The molecule has 19 heavy (non-hydrogen) atoms. The minimum absolute atomic E-state index is 0.000603. The van der Waals surface area contributed by atoms with Crippen LogP contribution in [0.3, 0.4) is 0 Å². The van der Waals surface area contributed by atoms with Crippen molar-refractivity contribution in [1.82, 2.24) is 15.1 Å². The second-order valence-corrected chi connectivity index (χ2v) is 4.95.